The zero-order valence-electron chi connectivity index (χ0n) is 12.2. The van der Waals surface area contributed by atoms with Gasteiger partial charge in [0.2, 0.25) is 0 Å². The molecule has 20 heavy (non-hydrogen) atoms. The van der Waals surface area contributed by atoms with Gasteiger partial charge in [-0.25, -0.2) is 0 Å². The molecule has 2 heterocycles. The topological polar surface area (TPSA) is 65.7 Å². The summed E-state index contributed by atoms with van der Waals surface area (Å²) in [6, 6.07) is 3.84. The molecular formula is C14H23N5O. The SMILES string of the molecule is CN=C(NCc1ccon1)NC1CC(C)N(C2CC2)C1. The number of aliphatic imine (C=N–C) groups is 1. The number of hydrogen-bond donors (Lipinski definition) is 2. The Balaban J connectivity index is 1.48. The van der Waals surface area contributed by atoms with E-state index in [2.05, 4.69) is 32.6 Å². The molecule has 1 aromatic heterocycles. The van der Waals surface area contributed by atoms with Gasteiger partial charge in [0.05, 0.1) is 6.54 Å². The second-order valence-corrected chi connectivity index (χ2v) is 5.77. The molecule has 2 aliphatic rings. The van der Waals surface area contributed by atoms with E-state index in [1.807, 2.05) is 6.07 Å². The number of hydrogen-bond acceptors (Lipinski definition) is 4. The molecule has 2 unspecified atom stereocenters. The fourth-order valence-electron chi connectivity index (χ4n) is 2.97. The van der Waals surface area contributed by atoms with Crippen molar-refractivity contribution in [1.82, 2.24) is 20.7 Å². The lowest BCUT2D eigenvalue weighted by molar-refractivity contribution is 0.256. The van der Waals surface area contributed by atoms with Gasteiger partial charge in [0.1, 0.15) is 12.0 Å². The Kier molecular flexibility index (Phi) is 3.91. The fraction of sp³-hybridized carbons (Fsp3) is 0.714. The van der Waals surface area contributed by atoms with Gasteiger partial charge in [0.25, 0.3) is 0 Å². The normalized spacial score (nSPS) is 27.8. The van der Waals surface area contributed by atoms with Gasteiger partial charge < -0.3 is 15.2 Å². The molecule has 0 spiro atoms. The van der Waals surface area contributed by atoms with Crippen LogP contribution in [-0.2, 0) is 6.54 Å². The Morgan fingerprint density at radius 2 is 2.40 bits per heavy atom. The first-order valence-corrected chi connectivity index (χ1v) is 7.38. The highest BCUT2D eigenvalue weighted by molar-refractivity contribution is 5.79. The standard InChI is InChI=1S/C14H23N5O/c1-10-7-12(9-19(10)13-3-4-13)17-14(15-2)16-8-11-5-6-20-18-11/h5-6,10,12-13H,3-4,7-9H2,1-2H3,(H2,15,16,17). The van der Waals surface area contributed by atoms with Crippen LogP contribution in [0.3, 0.4) is 0 Å². The van der Waals surface area contributed by atoms with Crippen LogP contribution in [0.2, 0.25) is 0 Å². The summed E-state index contributed by atoms with van der Waals surface area (Å²) < 4.78 is 4.82. The largest absolute Gasteiger partial charge is 0.364 e. The van der Waals surface area contributed by atoms with E-state index < -0.39 is 0 Å². The fourth-order valence-corrected chi connectivity index (χ4v) is 2.97. The van der Waals surface area contributed by atoms with Crippen molar-refractivity contribution in [3.05, 3.63) is 18.0 Å². The Hall–Kier alpha value is -1.56. The number of likely N-dealkylation sites (tertiary alicyclic amines) is 1. The van der Waals surface area contributed by atoms with Crippen LogP contribution in [0.25, 0.3) is 0 Å². The highest BCUT2D eigenvalue weighted by Crippen LogP contribution is 2.33. The van der Waals surface area contributed by atoms with Crippen LogP contribution in [0.1, 0.15) is 31.9 Å². The maximum Gasteiger partial charge on any atom is 0.191 e. The average Bonchev–Trinajstić information content (AvgIpc) is 3.02. The van der Waals surface area contributed by atoms with Crippen molar-refractivity contribution in [1.29, 1.82) is 0 Å². The third-order valence-electron chi connectivity index (χ3n) is 4.13. The molecule has 110 valence electrons. The van der Waals surface area contributed by atoms with Crippen molar-refractivity contribution in [2.75, 3.05) is 13.6 Å². The Bertz CT molecular complexity index is 454. The van der Waals surface area contributed by atoms with Crippen LogP contribution in [-0.4, -0.2) is 47.7 Å². The third-order valence-corrected chi connectivity index (χ3v) is 4.13. The van der Waals surface area contributed by atoms with Gasteiger partial charge in [-0.3, -0.25) is 9.89 Å². The summed E-state index contributed by atoms with van der Waals surface area (Å²) in [6.45, 7) is 4.08. The molecule has 1 aliphatic heterocycles. The predicted molar refractivity (Wildman–Crippen MR) is 77.4 cm³/mol. The van der Waals surface area contributed by atoms with Crippen molar-refractivity contribution in [2.24, 2.45) is 4.99 Å². The molecule has 3 rings (SSSR count). The van der Waals surface area contributed by atoms with Crippen molar-refractivity contribution < 1.29 is 4.52 Å². The number of guanidine groups is 1. The molecule has 1 aliphatic carbocycles. The molecule has 0 amide bonds. The molecule has 1 saturated carbocycles. The van der Waals surface area contributed by atoms with Gasteiger partial charge in [-0.2, -0.15) is 0 Å². The number of nitrogens with one attached hydrogen (secondary N) is 2. The van der Waals surface area contributed by atoms with E-state index in [0.717, 1.165) is 24.2 Å². The molecule has 0 aromatic carbocycles. The zero-order valence-corrected chi connectivity index (χ0v) is 12.2. The predicted octanol–water partition coefficient (Wildman–Crippen LogP) is 0.965. The average molecular weight is 277 g/mol. The summed E-state index contributed by atoms with van der Waals surface area (Å²) in [5, 5.41) is 10.7. The molecule has 2 N–H and O–H groups in total. The van der Waals surface area contributed by atoms with Gasteiger partial charge in [0.15, 0.2) is 5.96 Å². The van der Waals surface area contributed by atoms with Crippen LogP contribution in [0, 0.1) is 0 Å². The summed E-state index contributed by atoms with van der Waals surface area (Å²) in [5.74, 6) is 0.836. The highest BCUT2D eigenvalue weighted by atomic mass is 16.5. The van der Waals surface area contributed by atoms with Crippen LogP contribution in [0.4, 0.5) is 0 Å². The van der Waals surface area contributed by atoms with Crippen molar-refractivity contribution in [3.8, 4) is 0 Å². The van der Waals surface area contributed by atoms with Crippen LogP contribution in [0.5, 0.6) is 0 Å². The monoisotopic (exact) mass is 277 g/mol. The summed E-state index contributed by atoms with van der Waals surface area (Å²) >= 11 is 0. The van der Waals surface area contributed by atoms with E-state index in [0.29, 0.717) is 18.6 Å². The molecule has 2 atom stereocenters. The van der Waals surface area contributed by atoms with Gasteiger partial charge in [-0.1, -0.05) is 5.16 Å². The van der Waals surface area contributed by atoms with Crippen LogP contribution in [0.15, 0.2) is 21.8 Å². The summed E-state index contributed by atoms with van der Waals surface area (Å²) in [7, 11) is 1.80. The number of nitrogens with zero attached hydrogens (tertiary/aromatic N) is 3. The number of aromatic nitrogens is 1. The van der Waals surface area contributed by atoms with E-state index in [1.165, 1.54) is 19.3 Å². The van der Waals surface area contributed by atoms with E-state index in [4.69, 9.17) is 4.52 Å². The van der Waals surface area contributed by atoms with E-state index >= 15 is 0 Å². The Morgan fingerprint density at radius 3 is 3.05 bits per heavy atom. The first kappa shape index (κ1) is 13.4. The van der Waals surface area contributed by atoms with E-state index in [1.54, 1.807) is 13.3 Å². The van der Waals surface area contributed by atoms with Crippen molar-refractivity contribution in [3.63, 3.8) is 0 Å². The first-order chi connectivity index (χ1) is 9.76. The highest BCUT2D eigenvalue weighted by Gasteiger charge is 2.38. The third kappa shape index (κ3) is 3.12. The molecule has 1 saturated heterocycles. The second kappa shape index (κ2) is 5.83. The summed E-state index contributed by atoms with van der Waals surface area (Å²) in [4.78, 5) is 6.91. The van der Waals surface area contributed by atoms with Gasteiger partial charge in [0, 0.05) is 37.8 Å². The van der Waals surface area contributed by atoms with Crippen molar-refractivity contribution in [2.45, 2.75) is 50.9 Å². The van der Waals surface area contributed by atoms with Gasteiger partial charge >= 0.3 is 0 Å². The molecular weight excluding hydrogens is 254 g/mol. The quantitative estimate of drug-likeness (QED) is 0.634. The molecule has 1 aromatic rings. The Labute approximate surface area is 119 Å². The smallest absolute Gasteiger partial charge is 0.191 e. The van der Waals surface area contributed by atoms with Gasteiger partial charge in [-0.05, 0) is 26.2 Å². The molecule has 6 heteroatoms. The summed E-state index contributed by atoms with van der Waals surface area (Å²) in [6.07, 6.45) is 5.51. The van der Waals surface area contributed by atoms with Gasteiger partial charge in [-0.15, -0.1) is 0 Å². The maximum atomic E-state index is 4.82. The number of rotatable bonds is 4. The minimum Gasteiger partial charge on any atom is -0.364 e. The summed E-state index contributed by atoms with van der Waals surface area (Å²) in [5.41, 5.74) is 0.882. The lowest BCUT2D eigenvalue weighted by atomic mass is 10.2. The first-order valence-electron chi connectivity index (χ1n) is 7.38. The van der Waals surface area contributed by atoms with Crippen molar-refractivity contribution >= 4 is 5.96 Å². The lowest BCUT2D eigenvalue weighted by Gasteiger charge is -2.20. The second-order valence-electron chi connectivity index (χ2n) is 5.77. The Morgan fingerprint density at radius 1 is 1.55 bits per heavy atom. The van der Waals surface area contributed by atoms with E-state index in [-0.39, 0.29) is 0 Å². The molecule has 0 bridgehead atoms. The minimum absolute atomic E-state index is 0.481. The minimum atomic E-state index is 0.481. The maximum absolute atomic E-state index is 4.82. The van der Waals surface area contributed by atoms with Crippen LogP contribution < -0.4 is 10.6 Å². The molecule has 2 fully saturated rings. The molecule has 0 radical (unpaired) electrons. The van der Waals surface area contributed by atoms with E-state index in [9.17, 15) is 0 Å². The van der Waals surface area contributed by atoms with Crippen LogP contribution >= 0.6 is 0 Å². The zero-order chi connectivity index (χ0) is 13.9. The molecule has 6 nitrogen and oxygen atoms in total. The lowest BCUT2D eigenvalue weighted by Crippen LogP contribution is -2.44.